The molecule has 0 unspecified atom stereocenters. The van der Waals surface area contributed by atoms with Gasteiger partial charge in [-0.15, -0.1) is 4.68 Å². The predicted molar refractivity (Wildman–Crippen MR) is 79.4 cm³/mol. The van der Waals surface area contributed by atoms with Gasteiger partial charge in [-0.1, -0.05) is 48.5 Å². The van der Waals surface area contributed by atoms with Crippen LogP contribution >= 0.6 is 0 Å². The topological polar surface area (TPSA) is 38.8 Å². The Morgan fingerprint density at radius 2 is 1.30 bits per heavy atom. The van der Waals surface area contributed by atoms with Gasteiger partial charge < -0.3 is 5.48 Å². The third-order valence-electron chi connectivity index (χ3n) is 3.56. The molecule has 0 bridgehead atoms. The number of hydrogen-bond donors (Lipinski definition) is 0. The summed E-state index contributed by atoms with van der Waals surface area (Å²) in [5.74, 6) is 0. The van der Waals surface area contributed by atoms with E-state index in [1.54, 1.807) is 0 Å². The van der Waals surface area contributed by atoms with Crippen LogP contribution < -0.4 is 4.68 Å². The minimum atomic E-state index is 0. The zero-order chi connectivity index (χ0) is 13.2. The molecule has 3 nitrogen and oxygen atoms in total. The lowest BCUT2D eigenvalue weighted by Crippen LogP contribution is -2.39. The molecule has 1 aromatic heterocycles. The van der Waals surface area contributed by atoms with Crippen molar-refractivity contribution >= 4 is 0 Å². The van der Waals surface area contributed by atoms with E-state index < -0.39 is 0 Å². The maximum Gasteiger partial charge on any atom is 0.238 e. The first-order valence-electron chi connectivity index (χ1n) is 6.44. The zero-order valence-corrected chi connectivity index (χ0v) is 11.7. The first-order chi connectivity index (χ1) is 9.27. The van der Waals surface area contributed by atoms with Gasteiger partial charge in [0.25, 0.3) is 0 Å². The number of nitrogens with zero attached hydrogens (tertiary/aromatic N) is 2. The molecule has 1 heterocycles. The molecule has 3 heteroatoms. The van der Waals surface area contributed by atoms with Crippen LogP contribution in [0.25, 0.3) is 22.5 Å². The summed E-state index contributed by atoms with van der Waals surface area (Å²) in [6.45, 7) is 0. The van der Waals surface area contributed by atoms with Gasteiger partial charge in [-0.05, 0) is 12.1 Å². The van der Waals surface area contributed by atoms with Crippen molar-refractivity contribution in [2.75, 3.05) is 0 Å². The zero-order valence-electron chi connectivity index (χ0n) is 11.7. The van der Waals surface area contributed by atoms with Gasteiger partial charge in [0, 0.05) is 17.2 Å². The van der Waals surface area contributed by atoms with Crippen LogP contribution in [0.5, 0.6) is 0 Å². The van der Waals surface area contributed by atoms with E-state index in [0.29, 0.717) is 0 Å². The van der Waals surface area contributed by atoms with E-state index in [4.69, 9.17) is 0 Å². The Bertz CT molecular complexity index is 628. The highest BCUT2D eigenvalue weighted by molar-refractivity contribution is 5.66. The molecule has 2 aromatic carbocycles. The summed E-state index contributed by atoms with van der Waals surface area (Å²) in [4.78, 5) is 0. The molecule has 20 heavy (non-hydrogen) atoms. The first kappa shape index (κ1) is 14.0. The van der Waals surface area contributed by atoms with Gasteiger partial charge >= 0.3 is 0 Å². The number of hydrogen-bond acceptors (Lipinski definition) is 1. The monoisotopic (exact) mass is 266 g/mol. The highest BCUT2D eigenvalue weighted by Gasteiger charge is 2.19. The lowest BCUT2D eigenvalue weighted by molar-refractivity contribution is -0.740. The molecule has 0 aliphatic rings. The van der Waals surface area contributed by atoms with Crippen molar-refractivity contribution in [1.82, 2.24) is 4.68 Å². The molecule has 3 aromatic rings. The van der Waals surface area contributed by atoms with Crippen molar-refractivity contribution in [3.63, 3.8) is 0 Å². The van der Waals surface area contributed by atoms with Gasteiger partial charge in [0.1, 0.15) is 5.69 Å². The van der Waals surface area contributed by atoms with Gasteiger partial charge in [-0.3, -0.25) is 0 Å². The Labute approximate surface area is 119 Å². The molecule has 0 amide bonds. The van der Waals surface area contributed by atoms with Crippen LogP contribution in [0.3, 0.4) is 0 Å². The third kappa shape index (κ3) is 2.36. The van der Waals surface area contributed by atoms with E-state index in [1.165, 1.54) is 22.5 Å². The third-order valence-corrected chi connectivity index (χ3v) is 3.56. The Morgan fingerprint density at radius 1 is 0.800 bits per heavy atom. The maximum absolute atomic E-state index is 2.24. The largest absolute Gasteiger partial charge is 0.870 e. The molecule has 0 atom stereocenters. The average Bonchev–Trinajstić information content (AvgIpc) is 2.77. The van der Waals surface area contributed by atoms with E-state index in [0.717, 1.165) is 0 Å². The molecule has 0 fully saturated rings. The molecule has 102 valence electrons. The van der Waals surface area contributed by atoms with Crippen LogP contribution in [0.1, 0.15) is 0 Å². The molecular weight excluding hydrogens is 248 g/mol. The molecule has 0 spiro atoms. The molecule has 1 N–H and O–H groups in total. The van der Waals surface area contributed by atoms with E-state index in [-0.39, 0.29) is 5.48 Å². The van der Waals surface area contributed by atoms with Crippen molar-refractivity contribution in [2.45, 2.75) is 0 Å². The summed E-state index contributed by atoms with van der Waals surface area (Å²) >= 11 is 0. The highest BCUT2D eigenvalue weighted by Crippen LogP contribution is 2.23. The van der Waals surface area contributed by atoms with Gasteiger partial charge in [-0.25, -0.2) is 0 Å². The minimum Gasteiger partial charge on any atom is -0.870 e. The fraction of sp³-hybridized carbons (Fsp3) is 0.118. The van der Waals surface area contributed by atoms with Gasteiger partial charge in [0.2, 0.25) is 5.69 Å². The van der Waals surface area contributed by atoms with Crippen LogP contribution in [0, 0.1) is 0 Å². The van der Waals surface area contributed by atoms with Crippen LogP contribution in [0.15, 0.2) is 66.7 Å². The Kier molecular flexibility index (Phi) is 4.01. The summed E-state index contributed by atoms with van der Waals surface area (Å²) in [5, 5.41) is 0. The van der Waals surface area contributed by atoms with Crippen molar-refractivity contribution < 1.29 is 10.2 Å². The van der Waals surface area contributed by atoms with Crippen LogP contribution in [-0.4, -0.2) is 10.2 Å². The van der Waals surface area contributed by atoms with Gasteiger partial charge in [0.05, 0.1) is 7.05 Å². The molecular formula is C17H18N2O. The molecule has 0 saturated heterocycles. The van der Waals surface area contributed by atoms with Crippen molar-refractivity contribution in [1.29, 1.82) is 0 Å². The van der Waals surface area contributed by atoms with E-state index in [2.05, 4.69) is 78.1 Å². The molecule has 0 aliphatic heterocycles. The second-order valence-electron chi connectivity index (χ2n) is 4.69. The Balaban J connectivity index is 0.00000147. The standard InChI is InChI=1S/C17H17N2.H2O/c1-18-16(14-9-5-3-6-10-14)13-17(19(18)2)15-11-7-4-8-12-15;/h3-13H,1-2H3;1H2/q+1;/p-1. The fourth-order valence-electron chi connectivity index (χ4n) is 2.40. The normalized spacial score (nSPS) is 10.1. The van der Waals surface area contributed by atoms with Crippen LogP contribution in [0.4, 0.5) is 0 Å². The summed E-state index contributed by atoms with van der Waals surface area (Å²) in [6, 6.07) is 23.2. The lowest BCUT2D eigenvalue weighted by atomic mass is 10.1. The van der Waals surface area contributed by atoms with E-state index in [9.17, 15) is 0 Å². The second-order valence-corrected chi connectivity index (χ2v) is 4.69. The second kappa shape index (κ2) is 5.72. The smallest absolute Gasteiger partial charge is 0.238 e. The predicted octanol–water partition coefficient (Wildman–Crippen LogP) is 3.01. The SMILES string of the molecule is Cn1c(-c2ccccc2)cc(-c2ccccc2)[n+]1C.[OH-]. The number of aromatic nitrogens is 2. The average molecular weight is 266 g/mol. The van der Waals surface area contributed by atoms with Gasteiger partial charge in [0.15, 0.2) is 7.05 Å². The fourth-order valence-corrected chi connectivity index (χ4v) is 2.40. The molecule has 3 rings (SSSR count). The van der Waals surface area contributed by atoms with E-state index >= 15 is 0 Å². The molecule has 0 radical (unpaired) electrons. The first-order valence-corrected chi connectivity index (χ1v) is 6.44. The van der Waals surface area contributed by atoms with Crippen LogP contribution in [-0.2, 0) is 14.1 Å². The Morgan fingerprint density at radius 3 is 1.85 bits per heavy atom. The molecule has 0 aliphatic carbocycles. The highest BCUT2D eigenvalue weighted by atomic mass is 16.0. The van der Waals surface area contributed by atoms with Crippen molar-refractivity contribution in [2.24, 2.45) is 14.1 Å². The number of rotatable bonds is 2. The molecule has 0 saturated carbocycles. The van der Waals surface area contributed by atoms with Crippen molar-refractivity contribution in [3.05, 3.63) is 66.7 Å². The Hall–Kier alpha value is -2.39. The van der Waals surface area contributed by atoms with Gasteiger partial charge in [-0.2, -0.15) is 4.68 Å². The summed E-state index contributed by atoms with van der Waals surface area (Å²) in [5.41, 5.74) is 4.93. The van der Waals surface area contributed by atoms with Crippen LogP contribution in [0.2, 0.25) is 0 Å². The van der Waals surface area contributed by atoms with Crippen molar-refractivity contribution in [3.8, 4) is 22.5 Å². The quantitative estimate of drug-likeness (QED) is 0.657. The number of benzene rings is 2. The minimum absolute atomic E-state index is 0. The van der Waals surface area contributed by atoms with E-state index in [1.807, 2.05) is 12.1 Å². The maximum atomic E-state index is 2.24. The summed E-state index contributed by atoms with van der Waals surface area (Å²) in [7, 11) is 4.18. The lowest BCUT2D eigenvalue weighted by Gasteiger charge is -1.99. The summed E-state index contributed by atoms with van der Waals surface area (Å²) in [6.07, 6.45) is 0. The summed E-state index contributed by atoms with van der Waals surface area (Å²) < 4.78 is 4.36.